The van der Waals surface area contributed by atoms with Crippen LogP contribution in [0.3, 0.4) is 0 Å². The summed E-state index contributed by atoms with van der Waals surface area (Å²) in [4.78, 5) is 11.4. The Hall–Kier alpha value is -2.20. The van der Waals surface area contributed by atoms with Gasteiger partial charge in [-0.1, -0.05) is 24.3 Å². The lowest BCUT2D eigenvalue weighted by Crippen LogP contribution is -1.91. The van der Waals surface area contributed by atoms with Gasteiger partial charge in [0.25, 0.3) is 0 Å². The fourth-order valence-corrected chi connectivity index (χ4v) is 3.20. The third-order valence-corrected chi connectivity index (χ3v) is 4.23. The smallest absolute Gasteiger partial charge is 0.345 e. The van der Waals surface area contributed by atoms with E-state index in [0.717, 1.165) is 21.2 Å². The van der Waals surface area contributed by atoms with Crippen LogP contribution in [0.1, 0.15) is 20.8 Å². The topological polar surface area (TPSA) is 37.3 Å². The lowest BCUT2D eigenvalue weighted by atomic mass is 10.0. The molecule has 0 fully saturated rings. The molecule has 0 aliphatic carbocycles. The van der Waals surface area contributed by atoms with Gasteiger partial charge in [0.1, 0.15) is 10.7 Å². The highest BCUT2D eigenvalue weighted by atomic mass is 32.1. The highest BCUT2D eigenvalue weighted by Crippen LogP contribution is 2.29. The number of hydrogen-bond acceptors (Lipinski definition) is 2. The molecule has 0 spiro atoms. The third-order valence-electron chi connectivity index (χ3n) is 3.15. The molecular weight excluding hydrogens is 275 g/mol. The maximum Gasteiger partial charge on any atom is 0.345 e. The third kappa shape index (κ3) is 2.42. The fraction of sp³-hybridized carbons (Fsp3) is 0.0625. The molecule has 0 bridgehead atoms. The van der Waals surface area contributed by atoms with E-state index in [1.807, 2.05) is 24.3 Å². The molecule has 0 atom stereocenters. The minimum absolute atomic E-state index is 0.258. The van der Waals surface area contributed by atoms with Crippen molar-refractivity contribution in [2.45, 2.75) is 6.42 Å². The normalized spacial score (nSPS) is 10.8. The standard InChI is InChI=1S/C16H11FO2S/c17-12-5-1-3-10(8-12)7-11-4-2-6-14-13(11)9-15(20-14)16(18)19/h1-6,8-9H,7H2,(H,18,19). The van der Waals surface area contributed by atoms with Crippen LogP contribution < -0.4 is 0 Å². The van der Waals surface area contributed by atoms with Crippen LogP contribution in [0.2, 0.25) is 0 Å². The molecule has 3 aromatic rings. The Morgan fingerprint density at radius 1 is 1.15 bits per heavy atom. The number of benzene rings is 2. The largest absolute Gasteiger partial charge is 0.477 e. The average molecular weight is 286 g/mol. The zero-order chi connectivity index (χ0) is 14.1. The molecule has 20 heavy (non-hydrogen) atoms. The van der Waals surface area contributed by atoms with Crippen molar-refractivity contribution >= 4 is 27.4 Å². The van der Waals surface area contributed by atoms with Gasteiger partial charge in [-0.2, -0.15) is 0 Å². The Morgan fingerprint density at radius 3 is 2.70 bits per heavy atom. The van der Waals surface area contributed by atoms with E-state index in [4.69, 9.17) is 5.11 Å². The maximum atomic E-state index is 13.2. The van der Waals surface area contributed by atoms with Crippen molar-refractivity contribution in [2.24, 2.45) is 0 Å². The van der Waals surface area contributed by atoms with Crippen LogP contribution in [-0.2, 0) is 6.42 Å². The monoisotopic (exact) mass is 286 g/mol. The van der Waals surface area contributed by atoms with Crippen LogP contribution in [-0.4, -0.2) is 11.1 Å². The number of rotatable bonds is 3. The number of carboxylic acid groups (broad SMARTS) is 1. The van der Waals surface area contributed by atoms with Gasteiger partial charge in [0.15, 0.2) is 0 Å². The second kappa shape index (κ2) is 5.06. The number of carbonyl (C=O) groups is 1. The average Bonchev–Trinajstić information content (AvgIpc) is 2.84. The molecular formula is C16H11FO2S. The first-order valence-electron chi connectivity index (χ1n) is 6.12. The molecule has 1 aromatic heterocycles. The molecule has 0 aliphatic heterocycles. The van der Waals surface area contributed by atoms with Crippen molar-refractivity contribution in [3.8, 4) is 0 Å². The van der Waals surface area contributed by atoms with E-state index in [0.29, 0.717) is 11.3 Å². The first kappa shape index (κ1) is 12.8. The van der Waals surface area contributed by atoms with Gasteiger partial charge < -0.3 is 5.11 Å². The lowest BCUT2D eigenvalue weighted by molar-refractivity contribution is 0.0702. The Labute approximate surface area is 119 Å². The van der Waals surface area contributed by atoms with Crippen LogP contribution in [0.15, 0.2) is 48.5 Å². The summed E-state index contributed by atoms with van der Waals surface area (Å²) < 4.78 is 14.2. The highest BCUT2D eigenvalue weighted by Gasteiger charge is 2.11. The minimum Gasteiger partial charge on any atom is -0.477 e. The molecule has 0 saturated carbocycles. The van der Waals surface area contributed by atoms with Crippen molar-refractivity contribution in [2.75, 3.05) is 0 Å². The van der Waals surface area contributed by atoms with Gasteiger partial charge >= 0.3 is 5.97 Å². The number of thiophene rings is 1. The fourth-order valence-electron chi connectivity index (χ4n) is 2.25. The van der Waals surface area contributed by atoms with Gasteiger partial charge in [-0.05, 0) is 47.2 Å². The number of aromatic carboxylic acids is 1. The van der Waals surface area contributed by atoms with E-state index in [1.54, 1.807) is 12.1 Å². The van der Waals surface area contributed by atoms with Gasteiger partial charge in [0, 0.05) is 4.70 Å². The zero-order valence-corrected chi connectivity index (χ0v) is 11.3. The Balaban J connectivity index is 2.05. The molecule has 1 N–H and O–H groups in total. The molecule has 2 aromatic carbocycles. The lowest BCUT2D eigenvalue weighted by Gasteiger charge is -2.04. The van der Waals surface area contributed by atoms with Crippen LogP contribution in [0.25, 0.3) is 10.1 Å². The summed E-state index contributed by atoms with van der Waals surface area (Å²) in [5, 5.41) is 9.99. The summed E-state index contributed by atoms with van der Waals surface area (Å²) >= 11 is 1.26. The molecule has 100 valence electrons. The van der Waals surface area contributed by atoms with Crippen molar-refractivity contribution in [1.82, 2.24) is 0 Å². The zero-order valence-electron chi connectivity index (χ0n) is 10.5. The second-order valence-electron chi connectivity index (χ2n) is 4.55. The Morgan fingerprint density at radius 2 is 1.95 bits per heavy atom. The predicted molar refractivity (Wildman–Crippen MR) is 78.0 cm³/mol. The van der Waals surface area contributed by atoms with E-state index in [2.05, 4.69) is 0 Å². The molecule has 1 heterocycles. The first-order chi connectivity index (χ1) is 9.63. The summed E-state index contributed by atoms with van der Waals surface area (Å²) in [6.45, 7) is 0. The summed E-state index contributed by atoms with van der Waals surface area (Å²) in [5.41, 5.74) is 1.89. The minimum atomic E-state index is -0.914. The highest BCUT2D eigenvalue weighted by molar-refractivity contribution is 7.20. The van der Waals surface area contributed by atoms with E-state index < -0.39 is 5.97 Å². The second-order valence-corrected chi connectivity index (χ2v) is 5.64. The summed E-state index contributed by atoms with van der Waals surface area (Å²) in [7, 11) is 0. The molecule has 0 aliphatic rings. The number of fused-ring (bicyclic) bond motifs is 1. The molecule has 3 rings (SSSR count). The van der Waals surface area contributed by atoms with Crippen LogP contribution >= 0.6 is 11.3 Å². The number of halogens is 1. The summed E-state index contributed by atoms with van der Waals surface area (Å²) in [5.74, 6) is -1.17. The van der Waals surface area contributed by atoms with Crippen LogP contribution in [0.5, 0.6) is 0 Å². The van der Waals surface area contributed by atoms with Crippen LogP contribution in [0.4, 0.5) is 4.39 Å². The Kier molecular flexibility index (Phi) is 3.24. The van der Waals surface area contributed by atoms with Crippen molar-refractivity contribution in [3.63, 3.8) is 0 Å². The van der Waals surface area contributed by atoms with Crippen molar-refractivity contribution in [3.05, 3.63) is 70.4 Å². The summed E-state index contributed by atoms with van der Waals surface area (Å²) in [6, 6.07) is 13.9. The van der Waals surface area contributed by atoms with E-state index >= 15 is 0 Å². The van der Waals surface area contributed by atoms with Crippen LogP contribution in [0, 0.1) is 5.82 Å². The van der Waals surface area contributed by atoms with E-state index in [9.17, 15) is 9.18 Å². The van der Waals surface area contributed by atoms with Crippen molar-refractivity contribution in [1.29, 1.82) is 0 Å². The van der Waals surface area contributed by atoms with Crippen molar-refractivity contribution < 1.29 is 14.3 Å². The molecule has 0 radical (unpaired) electrons. The van der Waals surface area contributed by atoms with Gasteiger partial charge in [-0.3, -0.25) is 0 Å². The van der Waals surface area contributed by atoms with Gasteiger partial charge in [0.05, 0.1) is 0 Å². The van der Waals surface area contributed by atoms with Gasteiger partial charge in [0.2, 0.25) is 0 Å². The first-order valence-corrected chi connectivity index (χ1v) is 6.94. The Bertz CT molecular complexity index is 792. The molecule has 0 unspecified atom stereocenters. The van der Waals surface area contributed by atoms with E-state index in [-0.39, 0.29) is 5.82 Å². The number of hydrogen-bond donors (Lipinski definition) is 1. The summed E-state index contributed by atoms with van der Waals surface area (Å²) in [6.07, 6.45) is 0.588. The van der Waals surface area contributed by atoms with Gasteiger partial charge in [-0.25, -0.2) is 9.18 Å². The molecule has 0 saturated heterocycles. The molecule has 4 heteroatoms. The number of carboxylic acids is 1. The molecule has 2 nitrogen and oxygen atoms in total. The van der Waals surface area contributed by atoms with E-state index in [1.165, 1.54) is 23.5 Å². The molecule has 0 amide bonds. The predicted octanol–water partition coefficient (Wildman–Crippen LogP) is 4.33. The van der Waals surface area contributed by atoms with Gasteiger partial charge in [-0.15, -0.1) is 11.3 Å². The SMILES string of the molecule is O=C(O)c1cc2c(Cc3cccc(F)c3)cccc2s1. The quantitative estimate of drug-likeness (QED) is 0.778. The maximum absolute atomic E-state index is 13.2.